The van der Waals surface area contributed by atoms with Crippen molar-refractivity contribution < 1.29 is 9.53 Å². The molecule has 3 heteroatoms. The Kier molecular flexibility index (Phi) is 6.16. The Morgan fingerprint density at radius 3 is 3.00 bits per heavy atom. The van der Waals surface area contributed by atoms with E-state index in [0.717, 1.165) is 13.0 Å². The predicted molar refractivity (Wildman–Crippen MR) is 65.3 cm³/mol. The average molecular weight is 225 g/mol. The van der Waals surface area contributed by atoms with Crippen molar-refractivity contribution in [3.63, 3.8) is 0 Å². The van der Waals surface area contributed by atoms with Gasteiger partial charge in [0.25, 0.3) is 0 Å². The topological polar surface area (TPSA) is 38.3 Å². The summed E-state index contributed by atoms with van der Waals surface area (Å²) in [4.78, 5) is 11.0. The second-order valence-electron chi connectivity index (χ2n) is 4.49. The van der Waals surface area contributed by atoms with Gasteiger partial charge in [-0.15, -0.1) is 0 Å². The molecule has 0 saturated heterocycles. The molecule has 0 aromatic rings. The van der Waals surface area contributed by atoms with Crippen molar-refractivity contribution >= 4 is 5.97 Å². The molecule has 0 heterocycles. The molecule has 0 saturated carbocycles. The van der Waals surface area contributed by atoms with E-state index in [2.05, 4.69) is 16.1 Å². The lowest BCUT2D eigenvalue weighted by Crippen LogP contribution is -2.30. The first kappa shape index (κ1) is 13.2. The molecule has 1 N–H and O–H groups in total. The van der Waals surface area contributed by atoms with Crippen LogP contribution < -0.4 is 5.32 Å². The van der Waals surface area contributed by atoms with Gasteiger partial charge in [0.1, 0.15) is 0 Å². The van der Waals surface area contributed by atoms with Gasteiger partial charge in [-0.1, -0.05) is 11.6 Å². The average Bonchev–Trinajstić information content (AvgIpc) is 2.30. The van der Waals surface area contributed by atoms with E-state index in [9.17, 15) is 4.79 Å². The molecule has 0 fully saturated rings. The number of methoxy groups -OCH3 is 1. The molecule has 1 atom stereocenters. The summed E-state index contributed by atoms with van der Waals surface area (Å²) in [5, 5.41) is 3.35. The largest absolute Gasteiger partial charge is 0.469 e. The molecule has 1 aliphatic carbocycles. The minimum Gasteiger partial charge on any atom is -0.469 e. The van der Waals surface area contributed by atoms with Crippen LogP contribution in [0, 0.1) is 0 Å². The summed E-state index contributed by atoms with van der Waals surface area (Å²) >= 11 is 0. The first-order valence-corrected chi connectivity index (χ1v) is 6.20. The molecule has 0 amide bonds. The van der Waals surface area contributed by atoms with E-state index in [0.29, 0.717) is 6.42 Å². The second kappa shape index (κ2) is 7.44. The van der Waals surface area contributed by atoms with Gasteiger partial charge in [-0.05, 0) is 45.6 Å². The maximum absolute atomic E-state index is 11.0. The summed E-state index contributed by atoms with van der Waals surface area (Å²) < 4.78 is 4.63. The van der Waals surface area contributed by atoms with Crippen LogP contribution >= 0.6 is 0 Å². The fourth-order valence-electron chi connectivity index (χ4n) is 2.02. The molecule has 0 aliphatic heterocycles. The number of nitrogens with one attached hydrogen (secondary N) is 1. The molecule has 92 valence electrons. The minimum atomic E-state index is -0.142. The Hall–Kier alpha value is -0.830. The van der Waals surface area contributed by atoms with Crippen molar-refractivity contribution in [2.24, 2.45) is 0 Å². The molecule has 3 nitrogen and oxygen atoms in total. The number of esters is 1. The van der Waals surface area contributed by atoms with Crippen molar-refractivity contribution in [1.29, 1.82) is 0 Å². The zero-order chi connectivity index (χ0) is 11.8. The summed E-state index contributed by atoms with van der Waals surface area (Å²) in [7, 11) is 1.43. The molecule has 1 aliphatic rings. The van der Waals surface area contributed by atoms with Crippen molar-refractivity contribution in [1.82, 2.24) is 5.32 Å². The maximum Gasteiger partial charge on any atom is 0.307 e. The molecule has 0 aromatic carbocycles. The highest BCUT2D eigenvalue weighted by Crippen LogP contribution is 2.19. The number of allylic oxidation sites excluding steroid dienone is 1. The standard InChI is InChI=1S/C13H23NO2/c1-11(10-13(15)16-2)14-9-8-12-6-4-3-5-7-12/h6,11,14H,3-5,7-10H2,1-2H3. The summed E-state index contributed by atoms with van der Waals surface area (Å²) in [6.07, 6.45) is 9.12. The molecular weight excluding hydrogens is 202 g/mol. The zero-order valence-electron chi connectivity index (χ0n) is 10.4. The van der Waals surface area contributed by atoms with Crippen LogP contribution in [0.1, 0.15) is 45.4 Å². The smallest absolute Gasteiger partial charge is 0.307 e. The van der Waals surface area contributed by atoms with Crippen molar-refractivity contribution in [2.45, 2.75) is 51.5 Å². The fraction of sp³-hybridized carbons (Fsp3) is 0.769. The van der Waals surface area contributed by atoms with E-state index in [1.165, 1.54) is 32.8 Å². The summed E-state index contributed by atoms with van der Waals surface area (Å²) in [5.41, 5.74) is 1.57. The van der Waals surface area contributed by atoms with Crippen LogP contribution in [0.2, 0.25) is 0 Å². The summed E-state index contributed by atoms with van der Waals surface area (Å²) in [6.45, 7) is 2.98. The third kappa shape index (κ3) is 5.31. The quantitative estimate of drug-likeness (QED) is 0.557. The van der Waals surface area contributed by atoms with Crippen LogP contribution in [0.15, 0.2) is 11.6 Å². The molecule has 1 unspecified atom stereocenters. The monoisotopic (exact) mass is 225 g/mol. The van der Waals surface area contributed by atoms with Gasteiger partial charge in [-0.3, -0.25) is 4.79 Å². The maximum atomic E-state index is 11.0. The van der Waals surface area contributed by atoms with Crippen LogP contribution in [0.4, 0.5) is 0 Å². The van der Waals surface area contributed by atoms with Crippen LogP contribution in [-0.4, -0.2) is 25.7 Å². The van der Waals surface area contributed by atoms with Crippen LogP contribution in [0.5, 0.6) is 0 Å². The van der Waals surface area contributed by atoms with Gasteiger partial charge in [0.05, 0.1) is 13.5 Å². The summed E-state index contributed by atoms with van der Waals surface area (Å²) in [5.74, 6) is -0.142. The third-order valence-corrected chi connectivity index (χ3v) is 3.02. The first-order valence-electron chi connectivity index (χ1n) is 6.20. The van der Waals surface area contributed by atoms with Gasteiger partial charge in [0.2, 0.25) is 0 Å². The normalized spacial score (nSPS) is 17.8. The highest BCUT2D eigenvalue weighted by molar-refractivity contribution is 5.69. The number of carbonyl (C=O) groups excluding carboxylic acids is 1. The molecule has 0 aromatic heterocycles. The Morgan fingerprint density at radius 2 is 2.38 bits per heavy atom. The zero-order valence-corrected chi connectivity index (χ0v) is 10.4. The lowest BCUT2D eigenvalue weighted by Gasteiger charge is -2.15. The van der Waals surface area contributed by atoms with Crippen LogP contribution in [0.3, 0.4) is 0 Å². The van der Waals surface area contributed by atoms with Gasteiger partial charge < -0.3 is 10.1 Å². The SMILES string of the molecule is COC(=O)CC(C)NCCC1=CCCCC1. The van der Waals surface area contributed by atoms with E-state index in [1.54, 1.807) is 5.57 Å². The number of hydrogen-bond acceptors (Lipinski definition) is 3. The highest BCUT2D eigenvalue weighted by atomic mass is 16.5. The van der Waals surface area contributed by atoms with Gasteiger partial charge in [-0.2, -0.15) is 0 Å². The predicted octanol–water partition coefficient (Wildman–Crippen LogP) is 2.42. The van der Waals surface area contributed by atoms with Crippen LogP contribution in [-0.2, 0) is 9.53 Å². The Bertz CT molecular complexity index is 248. The van der Waals surface area contributed by atoms with E-state index in [1.807, 2.05) is 6.92 Å². The molecule has 0 radical (unpaired) electrons. The van der Waals surface area contributed by atoms with Crippen LogP contribution in [0.25, 0.3) is 0 Å². The van der Waals surface area contributed by atoms with Gasteiger partial charge in [0.15, 0.2) is 0 Å². The lowest BCUT2D eigenvalue weighted by atomic mass is 9.97. The number of ether oxygens (including phenoxy) is 1. The van der Waals surface area contributed by atoms with Gasteiger partial charge in [-0.25, -0.2) is 0 Å². The Labute approximate surface area is 98.2 Å². The Morgan fingerprint density at radius 1 is 1.56 bits per heavy atom. The molecule has 0 spiro atoms. The van der Waals surface area contributed by atoms with Crippen molar-refractivity contribution in [3.8, 4) is 0 Å². The Balaban J connectivity index is 2.10. The van der Waals surface area contributed by atoms with Gasteiger partial charge >= 0.3 is 5.97 Å². The van der Waals surface area contributed by atoms with Crippen molar-refractivity contribution in [3.05, 3.63) is 11.6 Å². The second-order valence-corrected chi connectivity index (χ2v) is 4.49. The number of hydrogen-bond donors (Lipinski definition) is 1. The van der Waals surface area contributed by atoms with E-state index in [4.69, 9.17) is 0 Å². The molecular formula is C13H23NO2. The van der Waals surface area contributed by atoms with Crippen molar-refractivity contribution in [2.75, 3.05) is 13.7 Å². The first-order chi connectivity index (χ1) is 7.72. The third-order valence-electron chi connectivity index (χ3n) is 3.02. The molecule has 16 heavy (non-hydrogen) atoms. The molecule has 1 rings (SSSR count). The number of rotatable bonds is 6. The van der Waals surface area contributed by atoms with E-state index in [-0.39, 0.29) is 12.0 Å². The minimum absolute atomic E-state index is 0.142. The number of carbonyl (C=O) groups is 1. The fourth-order valence-corrected chi connectivity index (χ4v) is 2.02. The van der Waals surface area contributed by atoms with Gasteiger partial charge in [0, 0.05) is 6.04 Å². The lowest BCUT2D eigenvalue weighted by molar-refractivity contribution is -0.141. The van der Waals surface area contributed by atoms with E-state index >= 15 is 0 Å². The molecule has 0 bridgehead atoms. The van der Waals surface area contributed by atoms with E-state index < -0.39 is 0 Å². The highest BCUT2D eigenvalue weighted by Gasteiger charge is 2.09. The summed E-state index contributed by atoms with van der Waals surface area (Å²) in [6, 6.07) is 0.205.